The van der Waals surface area contributed by atoms with E-state index >= 15 is 0 Å². The molecule has 3 heterocycles. The number of piperazine rings is 1. The second kappa shape index (κ2) is 11.6. The van der Waals surface area contributed by atoms with E-state index in [4.69, 9.17) is 10.2 Å². The number of H-pyrrole nitrogens is 1. The van der Waals surface area contributed by atoms with Crippen molar-refractivity contribution in [2.45, 2.75) is 19.3 Å². The van der Waals surface area contributed by atoms with Gasteiger partial charge in [-0.2, -0.15) is 5.26 Å². The Balaban J connectivity index is 0.00000336. The standard InChI is InChI=1S/C28H30N6O3.ClH/c1-32(28(30)36)27(35)26-16-21-15-22(6-8-25(21)37-26)34-12-10-33(11-13-34)9-3-2-4-20-18-31-24-7-5-19(17-29)14-23(20)24;/h5-8,14-16,18,31H,2-4,9-13H2,1H3,(H2,30,36);1H. The molecule has 0 radical (unpaired) electrons. The second-order valence-corrected chi connectivity index (χ2v) is 9.51. The maximum Gasteiger partial charge on any atom is 0.321 e. The number of hydrogen-bond donors (Lipinski definition) is 2. The van der Waals surface area contributed by atoms with Crippen molar-refractivity contribution >= 4 is 51.9 Å². The number of aromatic amines is 1. The quantitative estimate of drug-likeness (QED) is 0.336. The molecule has 0 atom stereocenters. The normalized spacial score (nSPS) is 13.8. The molecular formula is C28H31ClN6O3. The van der Waals surface area contributed by atoms with Gasteiger partial charge in [-0.3, -0.25) is 14.6 Å². The Morgan fingerprint density at radius 1 is 1.11 bits per heavy atom. The van der Waals surface area contributed by atoms with E-state index in [-0.39, 0.29) is 18.2 Å². The molecule has 2 aromatic carbocycles. The summed E-state index contributed by atoms with van der Waals surface area (Å²) in [6.45, 7) is 4.92. The van der Waals surface area contributed by atoms with Gasteiger partial charge < -0.3 is 20.0 Å². The van der Waals surface area contributed by atoms with E-state index in [0.29, 0.717) is 11.1 Å². The van der Waals surface area contributed by atoms with Gasteiger partial charge in [0, 0.05) is 61.4 Å². The third-order valence-corrected chi connectivity index (χ3v) is 7.15. The summed E-state index contributed by atoms with van der Waals surface area (Å²) < 4.78 is 5.64. The van der Waals surface area contributed by atoms with Gasteiger partial charge >= 0.3 is 6.03 Å². The zero-order valence-electron chi connectivity index (χ0n) is 21.3. The SMILES string of the molecule is CN(C(N)=O)C(=O)c1cc2cc(N3CCN(CCCCc4c[nH]c5ccc(C#N)cc45)CC3)ccc2o1.Cl. The number of nitrogens with two attached hydrogens (primary N) is 1. The molecule has 4 aromatic rings. The zero-order chi connectivity index (χ0) is 25.9. The van der Waals surface area contributed by atoms with Gasteiger partial charge in [0.2, 0.25) is 0 Å². The minimum atomic E-state index is -0.823. The predicted octanol–water partition coefficient (Wildman–Crippen LogP) is 4.50. The number of nitrogens with zero attached hydrogens (tertiary/aromatic N) is 4. The summed E-state index contributed by atoms with van der Waals surface area (Å²) in [6.07, 6.45) is 5.30. The monoisotopic (exact) mass is 534 g/mol. The van der Waals surface area contributed by atoms with Crippen LogP contribution < -0.4 is 10.6 Å². The summed E-state index contributed by atoms with van der Waals surface area (Å²) in [6, 6.07) is 14.7. The lowest BCUT2D eigenvalue weighted by Gasteiger charge is -2.36. The molecule has 0 bridgehead atoms. The van der Waals surface area contributed by atoms with Crippen molar-refractivity contribution in [2.75, 3.05) is 44.7 Å². The lowest BCUT2D eigenvalue weighted by atomic mass is 10.1. The van der Waals surface area contributed by atoms with Gasteiger partial charge in [0.05, 0.1) is 11.6 Å². The Morgan fingerprint density at radius 2 is 1.89 bits per heavy atom. The molecule has 198 valence electrons. The average Bonchev–Trinajstić information content (AvgIpc) is 3.53. The van der Waals surface area contributed by atoms with Crippen LogP contribution in [0.3, 0.4) is 0 Å². The van der Waals surface area contributed by atoms with Crippen LogP contribution in [0.2, 0.25) is 0 Å². The van der Waals surface area contributed by atoms with Crippen LogP contribution in [0.15, 0.2) is 53.1 Å². The van der Waals surface area contributed by atoms with Gasteiger partial charge in [0.1, 0.15) is 5.58 Å². The largest absolute Gasteiger partial charge is 0.451 e. The Morgan fingerprint density at radius 3 is 2.63 bits per heavy atom. The van der Waals surface area contributed by atoms with E-state index in [1.165, 1.54) is 12.6 Å². The number of halogens is 1. The Bertz CT molecular complexity index is 1500. The van der Waals surface area contributed by atoms with Crippen molar-refractivity contribution in [1.82, 2.24) is 14.8 Å². The first-order valence-corrected chi connectivity index (χ1v) is 12.5. The molecule has 0 aliphatic carbocycles. The first-order valence-electron chi connectivity index (χ1n) is 12.5. The molecule has 0 spiro atoms. The van der Waals surface area contributed by atoms with E-state index in [0.717, 1.165) is 78.9 Å². The van der Waals surface area contributed by atoms with Crippen LogP contribution in [0.25, 0.3) is 21.9 Å². The number of fused-ring (bicyclic) bond motifs is 2. The smallest absolute Gasteiger partial charge is 0.321 e. The van der Waals surface area contributed by atoms with E-state index in [2.05, 4.69) is 27.0 Å². The molecule has 38 heavy (non-hydrogen) atoms. The molecule has 5 rings (SSSR count). The van der Waals surface area contributed by atoms with Crippen molar-refractivity contribution < 1.29 is 14.0 Å². The number of imide groups is 1. The number of furan rings is 1. The van der Waals surface area contributed by atoms with E-state index in [1.54, 1.807) is 6.07 Å². The minimum Gasteiger partial charge on any atom is -0.451 e. The second-order valence-electron chi connectivity index (χ2n) is 9.51. The van der Waals surface area contributed by atoms with Crippen molar-refractivity contribution in [3.8, 4) is 6.07 Å². The number of amides is 3. The third kappa shape index (κ3) is 5.62. The van der Waals surface area contributed by atoms with Crippen molar-refractivity contribution in [3.63, 3.8) is 0 Å². The van der Waals surface area contributed by atoms with Gasteiger partial charge in [0.15, 0.2) is 5.76 Å². The number of benzene rings is 2. The highest BCUT2D eigenvalue weighted by atomic mass is 35.5. The first kappa shape index (κ1) is 27.0. The molecule has 1 aliphatic rings. The Kier molecular flexibility index (Phi) is 8.25. The molecule has 2 aromatic heterocycles. The Hall–Kier alpha value is -4.00. The van der Waals surface area contributed by atoms with Crippen LogP contribution in [0.1, 0.15) is 34.5 Å². The van der Waals surface area contributed by atoms with E-state index < -0.39 is 11.9 Å². The fourth-order valence-electron chi connectivity index (χ4n) is 4.93. The predicted molar refractivity (Wildman–Crippen MR) is 150 cm³/mol. The van der Waals surface area contributed by atoms with Crippen molar-refractivity contribution in [1.29, 1.82) is 5.26 Å². The molecule has 1 fully saturated rings. The number of aryl methyl sites for hydroxylation is 1. The maximum atomic E-state index is 12.3. The summed E-state index contributed by atoms with van der Waals surface area (Å²) in [7, 11) is 1.33. The first-order chi connectivity index (χ1) is 17.9. The topological polar surface area (TPSA) is 123 Å². The molecule has 0 saturated carbocycles. The van der Waals surface area contributed by atoms with Gasteiger partial charge in [-0.05, 0) is 73.8 Å². The molecule has 9 nitrogen and oxygen atoms in total. The van der Waals surface area contributed by atoms with Gasteiger partial charge in [-0.25, -0.2) is 4.79 Å². The molecule has 1 saturated heterocycles. The number of primary amides is 1. The molecule has 3 amide bonds. The summed E-state index contributed by atoms with van der Waals surface area (Å²) in [5.41, 5.74) is 9.94. The van der Waals surface area contributed by atoms with Crippen molar-refractivity contribution in [3.05, 3.63) is 65.5 Å². The highest BCUT2D eigenvalue weighted by Crippen LogP contribution is 2.27. The maximum absolute atomic E-state index is 12.3. The summed E-state index contributed by atoms with van der Waals surface area (Å²) in [4.78, 5) is 32.6. The molecular weight excluding hydrogens is 504 g/mol. The van der Waals surface area contributed by atoms with Crippen LogP contribution in [0, 0.1) is 11.3 Å². The van der Waals surface area contributed by atoms with Crippen LogP contribution >= 0.6 is 12.4 Å². The number of unbranched alkanes of at least 4 members (excludes halogenated alkanes) is 1. The van der Waals surface area contributed by atoms with Crippen LogP contribution in [-0.2, 0) is 6.42 Å². The van der Waals surface area contributed by atoms with Gasteiger partial charge in [-0.1, -0.05) is 0 Å². The number of nitrogens with one attached hydrogen (secondary N) is 1. The van der Waals surface area contributed by atoms with Crippen LogP contribution in [-0.4, -0.2) is 66.5 Å². The van der Waals surface area contributed by atoms with Gasteiger partial charge in [-0.15, -0.1) is 12.4 Å². The molecule has 1 aliphatic heterocycles. The lowest BCUT2D eigenvalue weighted by molar-refractivity contribution is 0.0810. The summed E-state index contributed by atoms with van der Waals surface area (Å²) >= 11 is 0. The molecule has 10 heteroatoms. The summed E-state index contributed by atoms with van der Waals surface area (Å²) in [5.74, 6) is -0.466. The number of anilines is 1. The molecule has 0 unspecified atom stereocenters. The number of urea groups is 1. The van der Waals surface area contributed by atoms with E-state index in [9.17, 15) is 14.9 Å². The number of rotatable bonds is 7. The average molecular weight is 535 g/mol. The van der Waals surface area contributed by atoms with Gasteiger partial charge in [0.25, 0.3) is 5.91 Å². The van der Waals surface area contributed by atoms with Crippen LogP contribution in [0.5, 0.6) is 0 Å². The third-order valence-electron chi connectivity index (χ3n) is 7.15. The number of carbonyl (C=O) groups excluding carboxylic acids is 2. The minimum absolute atomic E-state index is 0. The lowest BCUT2D eigenvalue weighted by Crippen LogP contribution is -2.46. The number of carbonyl (C=O) groups is 2. The van der Waals surface area contributed by atoms with Crippen molar-refractivity contribution in [2.24, 2.45) is 5.73 Å². The number of nitriles is 1. The number of hydrogen-bond acceptors (Lipinski definition) is 6. The molecule has 3 N–H and O–H groups in total. The highest BCUT2D eigenvalue weighted by molar-refractivity contribution is 6.04. The Labute approximate surface area is 227 Å². The highest BCUT2D eigenvalue weighted by Gasteiger charge is 2.21. The number of aromatic nitrogens is 1. The van der Waals surface area contributed by atoms with E-state index in [1.807, 2.05) is 36.4 Å². The zero-order valence-corrected chi connectivity index (χ0v) is 22.1. The fourth-order valence-corrected chi connectivity index (χ4v) is 4.93. The summed E-state index contributed by atoms with van der Waals surface area (Å²) in [5, 5.41) is 11.1. The van der Waals surface area contributed by atoms with Crippen LogP contribution in [0.4, 0.5) is 10.5 Å². The fraction of sp³-hybridized carbons (Fsp3) is 0.321.